The van der Waals surface area contributed by atoms with Gasteiger partial charge in [-0.05, 0) is 56.4 Å². The smallest absolute Gasteiger partial charge is 0.289 e. The van der Waals surface area contributed by atoms with E-state index >= 15 is 0 Å². The highest BCUT2D eigenvalue weighted by Crippen LogP contribution is 2.27. The van der Waals surface area contributed by atoms with Crippen LogP contribution in [0.2, 0.25) is 0 Å². The van der Waals surface area contributed by atoms with Crippen LogP contribution in [0.1, 0.15) is 41.4 Å². The Kier molecular flexibility index (Phi) is 5.90. The Morgan fingerprint density at radius 3 is 2.50 bits per heavy atom. The second-order valence-corrected chi connectivity index (χ2v) is 6.21. The quantitative estimate of drug-likeness (QED) is 0.829. The third kappa shape index (κ3) is 4.61. The topological polar surface area (TPSA) is 58.1 Å². The van der Waals surface area contributed by atoms with Gasteiger partial charge < -0.3 is 10.2 Å². The van der Waals surface area contributed by atoms with Crippen molar-refractivity contribution in [2.75, 3.05) is 26.2 Å². The second kappa shape index (κ2) is 8.55. The fourth-order valence-electron chi connectivity index (χ4n) is 3.22. The van der Waals surface area contributed by atoms with E-state index in [1.165, 1.54) is 18.4 Å². The molecule has 1 aliphatic heterocycles. The first-order valence-corrected chi connectivity index (χ1v) is 8.65. The Bertz CT molecular complexity index is 624. The minimum atomic E-state index is -0.196. The maximum absolute atomic E-state index is 11.8. The lowest BCUT2D eigenvalue weighted by Crippen LogP contribution is -2.35. The van der Waals surface area contributed by atoms with E-state index in [0.29, 0.717) is 12.5 Å². The van der Waals surface area contributed by atoms with Crippen LogP contribution in [-0.4, -0.2) is 47.0 Å². The second-order valence-electron chi connectivity index (χ2n) is 6.21. The highest BCUT2D eigenvalue weighted by molar-refractivity contribution is 5.90. The van der Waals surface area contributed by atoms with Crippen molar-refractivity contribution in [1.82, 2.24) is 20.2 Å². The highest BCUT2D eigenvalue weighted by Gasteiger charge is 2.19. The zero-order valence-electron chi connectivity index (χ0n) is 13.9. The number of carbonyl (C=O) groups is 1. The lowest BCUT2D eigenvalue weighted by atomic mass is 9.89. The summed E-state index contributed by atoms with van der Waals surface area (Å²) in [6.45, 7) is 3.96. The predicted octanol–water partition coefficient (Wildman–Crippen LogP) is 2.48. The summed E-state index contributed by atoms with van der Waals surface area (Å²) in [5.41, 5.74) is 1.47. The van der Waals surface area contributed by atoms with Gasteiger partial charge in [-0.15, -0.1) is 0 Å². The van der Waals surface area contributed by atoms with Crippen LogP contribution in [0.4, 0.5) is 0 Å². The minimum absolute atomic E-state index is 0.196. The van der Waals surface area contributed by atoms with Gasteiger partial charge in [-0.1, -0.05) is 30.3 Å². The molecule has 1 aromatic carbocycles. The summed E-state index contributed by atoms with van der Waals surface area (Å²) in [6, 6.07) is 12.5. The number of hydrogen-bond acceptors (Lipinski definition) is 4. The molecule has 24 heavy (non-hydrogen) atoms. The molecule has 0 saturated carbocycles. The van der Waals surface area contributed by atoms with Crippen molar-refractivity contribution in [1.29, 1.82) is 0 Å². The van der Waals surface area contributed by atoms with Crippen LogP contribution in [-0.2, 0) is 0 Å². The first kappa shape index (κ1) is 16.6. The normalized spacial score (nSPS) is 16.0. The van der Waals surface area contributed by atoms with E-state index in [4.69, 9.17) is 0 Å². The van der Waals surface area contributed by atoms with Gasteiger partial charge in [-0.25, -0.2) is 9.97 Å². The first-order valence-electron chi connectivity index (χ1n) is 8.65. The number of hydrogen-bond donors (Lipinski definition) is 1. The molecule has 0 bridgehead atoms. The van der Waals surface area contributed by atoms with Crippen LogP contribution in [0, 0.1) is 0 Å². The molecule has 1 aliphatic rings. The molecule has 0 atom stereocenters. The number of carbonyl (C=O) groups excluding carboxylic acids is 1. The SMILES string of the molecule is O=C(NCCCN1CCC(c2ccccc2)CC1)c1ncccn1. The standard InChI is InChI=1S/C19H24N4O/c24-19(18-20-10-4-11-21-18)22-12-5-13-23-14-8-17(9-15-23)16-6-2-1-3-7-16/h1-4,6-7,10-11,17H,5,8-9,12-15H2,(H,22,24). The Labute approximate surface area is 143 Å². The predicted molar refractivity (Wildman–Crippen MR) is 93.8 cm³/mol. The van der Waals surface area contributed by atoms with E-state index in [2.05, 4.69) is 50.5 Å². The van der Waals surface area contributed by atoms with E-state index in [1.54, 1.807) is 18.5 Å². The Morgan fingerprint density at radius 2 is 1.79 bits per heavy atom. The van der Waals surface area contributed by atoms with Crippen molar-refractivity contribution >= 4 is 5.91 Å². The van der Waals surface area contributed by atoms with Gasteiger partial charge in [0.1, 0.15) is 0 Å². The number of piperidine rings is 1. The van der Waals surface area contributed by atoms with Crippen LogP contribution >= 0.6 is 0 Å². The molecule has 0 aliphatic carbocycles. The number of rotatable bonds is 6. The highest BCUT2D eigenvalue weighted by atomic mass is 16.2. The van der Waals surface area contributed by atoms with Gasteiger partial charge in [0.2, 0.25) is 5.82 Å². The largest absolute Gasteiger partial charge is 0.349 e. The molecule has 2 heterocycles. The minimum Gasteiger partial charge on any atom is -0.349 e. The van der Waals surface area contributed by atoms with Gasteiger partial charge in [0.05, 0.1) is 0 Å². The molecular weight excluding hydrogens is 300 g/mol. The van der Waals surface area contributed by atoms with Crippen molar-refractivity contribution in [2.24, 2.45) is 0 Å². The third-order valence-electron chi connectivity index (χ3n) is 4.56. The lowest BCUT2D eigenvalue weighted by molar-refractivity contribution is 0.0940. The first-order chi connectivity index (χ1) is 11.8. The van der Waals surface area contributed by atoms with Crippen LogP contribution in [0.5, 0.6) is 0 Å². The molecule has 2 aromatic rings. The molecule has 5 nitrogen and oxygen atoms in total. The van der Waals surface area contributed by atoms with Gasteiger partial charge in [0.25, 0.3) is 5.91 Å². The molecule has 0 radical (unpaired) electrons. The van der Waals surface area contributed by atoms with Crippen molar-refractivity contribution < 1.29 is 4.79 Å². The van der Waals surface area contributed by atoms with Gasteiger partial charge in [0, 0.05) is 18.9 Å². The zero-order valence-corrected chi connectivity index (χ0v) is 13.9. The summed E-state index contributed by atoms with van der Waals surface area (Å²) < 4.78 is 0. The summed E-state index contributed by atoms with van der Waals surface area (Å²) in [7, 11) is 0. The van der Waals surface area contributed by atoms with Crippen LogP contribution in [0.25, 0.3) is 0 Å². The van der Waals surface area contributed by atoms with Crippen LogP contribution in [0.3, 0.4) is 0 Å². The molecule has 126 valence electrons. The third-order valence-corrected chi connectivity index (χ3v) is 4.56. The summed E-state index contributed by atoms with van der Waals surface area (Å²) in [5, 5.41) is 2.88. The molecule has 1 fully saturated rings. The lowest BCUT2D eigenvalue weighted by Gasteiger charge is -2.32. The maximum atomic E-state index is 11.8. The maximum Gasteiger partial charge on any atom is 0.289 e. The van der Waals surface area contributed by atoms with Gasteiger partial charge in [0.15, 0.2) is 0 Å². The summed E-state index contributed by atoms with van der Waals surface area (Å²) in [4.78, 5) is 22.2. The molecule has 0 unspecified atom stereocenters. The van der Waals surface area contributed by atoms with E-state index in [1.807, 2.05) is 0 Å². The molecule has 1 amide bonds. The van der Waals surface area contributed by atoms with E-state index < -0.39 is 0 Å². The average Bonchev–Trinajstić information content (AvgIpc) is 2.67. The van der Waals surface area contributed by atoms with Crippen LogP contribution in [0.15, 0.2) is 48.8 Å². The van der Waals surface area contributed by atoms with Crippen molar-refractivity contribution in [3.8, 4) is 0 Å². The van der Waals surface area contributed by atoms with Crippen molar-refractivity contribution in [3.63, 3.8) is 0 Å². The number of amides is 1. The van der Waals surface area contributed by atoms with E-state index in [9.17, 15) is 4.79 Å². The Morgan fingerprint density at radius 1 is 1.08 bits per heavy atom. The van der Waals surface area contributed by atoms with Crippen LogP contribution < -0.4 is 5.32 Å². The van der Waals surface area contributed by atoms with Gasteiger partial charge in [-0.2, -0.15) is 0 Å². The molecule has 1 N–H and O–H groups in total. The number of nitrogens with one attached hydrogen (secondary N) is 1. The van der Waals surface area contributed by atoms with Gasteiger partial charge >= 0.3 is 0 Å². The Hall–Kier alpha value is -2.27. The molecule has 3 rings (SSSR count). The van der Waals surface area contributed by atoms with Gasteiger partial charge in [-0.3, -0.25) is 4.79 Å². The molecular formula is C19H24N4O. The summed E-state index contributed by atoms with van der Waals surface area (Å²) in [5.74, 6) is 0.733. The number of likely N-dealkylation sites (tertiary alicyclic amines) is 1. The van der Waals surface area contributed by atoms with Crippen molar-refractivity contribution in [2.45, 2.75) is 25.2 Å². The molecule has 0 spiro atoms. The number of benzene rings is 1. The fraction of sp³-hybridized carbons (Fsp3) is 0.421. The van der Waals surface area contributed by atoms with Crippen molar-refractivity contribution in [3.05, 3.63) is 60.2 Å². The molecule has 1 saturated heterocycles. The van der Waals surface area contributed by atoms with E-state index in [0.717, 1.165) is 26.1 Å². The summed E-state index contributed by atoms with van der Waals surface area (Å²) in [6.07, 6.45) is 6.55. The summed E-state index contributed by atoms with van der Waals surface area (Å²) >= 11 is 0. The number of nitrogens with zero attached hydrogens (tertiary/aromatic N) is 3. The monoisotopic (exact) mass is 324 g/mol. The molecule has 5 heteroatoms. The fourth-order valence-corrected chi connectivity index (χ4v) is 3.22. The Balaban J connectivity index is 1.33. The number of aromatic nitrogens is 2. The van der Waals surface area contributed by atoms with E-state index in [-0.39, 0.29) is 11.7 Å². The average molecular weight is 324 g/mol. The zero-order chi connectivity index (χ0) is 16.6. The molecule has 1 aromatic heterocycles.